The normalized spacial score (nSPS) is 11.8. The molecule has 9 heterocycles. The fraction of sp³-hybridized carbons (Fsp3) is 0.152. The van der Waals surface area contributed by atoms with Gasteiger partial charge in [-0.1, -0.05) is 36.4 Å². The summed E-state index contributed by atoms with van der Waals surface area (Å²) in [5.74, 6) is -2.80. The molecule has 0 fully saturated rings. The molecule has 0 spiro atoms. The van der Waals surface area contributed by atoms with Crippen molar-refractivity contribution >= 4 is 163 Å². The molecule has 16 nitrogen and oxygen atoms in total. The minimum absolute atomic E-state index is 0.0749. The zero-order valence-corrected chi connectivity index (χ0v) is 58.7. The Labute approximate surface area is 609 Å². The maximum Gasteiger partial charge on any atom is 0.417 e. The number of nitrogens with two attached hydrogens (primary N) is 3. The molecule has 12 aromatic rings. The Balaban J connectivity index is 0.000000188. The van der Waals surface area contributed by atoms with Gasteiger partial charge in [0.1, 0.15) is 29.1 Å². The van der Waals surface area contributed by atoms with E-state index in [2.05, 4.69) is 30.9 Å². The second-order valence-electron chi connectivity index (χ2n) is 21.9. The highest BCUT2D eigenvalue weighted by molar-refractivity contribution is 7.22. The maximum absolute atomic E-state index is 13.8. The first-order valence-corrected chi connectivity index (χ1v) is 34.2. The summed E-state index contributed by atoms with van der Waals surface area (Å²) in [5.41, 5.74) is 9.97. The zero-order valence-electron chi connectivity index (χ0n) is 53.8. The number of benzene rings is 3. The van der Waals surface area contributed by atoms with Crippen molar-refractivity contribution in [3.8, 4) is 31.7 Å². The van der Waals surface area contributed by atoms with Crippen molar-refractivity contribution in [2.24, 2.45) is 0 Å². The van der Waals surface area contributed by atoms with Crippen molar-refractivity contribution in [1.29, 1.82) is 0 Å². The van der Waals surface area contributed by atoms with Gasteiger partial charge in [-0.2, -0.15) is 79.0 Å². The molecule has 9 aromatic heterocycles. The molecular formula is C66H47F18N11O5S6. The van der Waals surface area contributed by atoms with E-state index in [4.69, 9.17) is 17.2 Å². The van der Waals surface area contributed by atoms with Gasteiger partial charge in [0.05, 0.1) is 82.2 Å². The number of nitrogen functional groups attached to an aromatic ring is 3. The van der Waals surface area contributed by atoms with E-state index in [1.165, 1.54) is 62.0 Å². The highest BCUT2D eigenvalue weighted by atomic mass is 32.1. The van der Waals surface area contributed by atoms with Gasteiger partial charge in [-0.25, -0.2) is 15.0 Å². The number of pyridine rings is 3. The van der Waals surface area contributed by atoms with Crippen LogP contribution in [0.25, 0.3) is 62.4 Å². The number of rotatable bonds is 11. The van der Waals surface area contributed by atoms with Crippen LogP contribution in [0.1, 0.15) is 62.4 Å². The van der Waals surface area contributed by atoms with E-state index in [1.807, 2.05) is 0 Å². The van der Waals surface area contributed by atoms with Gasteiger partial charge in [0.25, 0.3) is 17.7 Å². The van der Waals surface area contributed by atoms with Crippen LogP contribution in [0.2, 0.25) is 0 Å². The van der Waals surface area contributed by atoms with E-state index < -0.39 is 121 Å². The molecule has 0 atom stereocenters. The third-order valence-electron chi connectivity index (χ3n) is 13.7. The number of anilines is 6. The molecular weight excluding hydrogens is 1560 g/mol. The summed E-state index contributed by atoms with van der Waals surface area (Å²) >= 11 is 5.51. The summed E-state index contributed by atoms with van der Waals surface area (Å²) in [6, 6.07) is 24.0. The minimum atomic E-state index is -4.77. The van der Waals surface area contributed by atoms with E-state index in [-0.39, 0.29) is 63.3 Å². The molecule has 40 heteroatoms. The predicted molar refractivity (Wildman–Crippen MR) is 375 cm³/mol. The van der Waals surface area contributed by atoms with Crippen molar-refractivity contribution in [3.63, 3.8) is 0 Å². The lowest BCUT2D eigenvalue weighted by Crippen LogP contribution is -2.13. The summed E-state index contributed by atoms with van der Waals surface area (Å²) in [6.07, 6.45) is -26.7. The number of aromatic nitrogens is 3. The van der Waals surface area contributed by atoms with E-state index in [1.54, 1.807) is 80.7 Å². The maximum atomic E-state index is 13.8. The average Bonchev–Trinajstić information content (AvgIpc) is 1.61. The van der Waals surface area contributed by atoms with Gasteiger partial charge in [-0.15, -0.1) is 68.0 Å². The molecule has 0 bridgehead atoms. The molecule has 3 aromatic carbocycles. The Morgan fingerprint density at radius 2 is 0.604 bits per heavy atom. The minimum Gasteiger partial charge on any atom is -0.397 e. The van der Waals surface area contributed by atoms with Crippen molar-refractivity contribution in [1.82, 2.24) is 24.8 Å². The van der Waals surface area contributed by atoms with Crippen molar-refractivity contribution in [2.45, 2.75) is 37.1 Å². The van der Waals surface area contributed by atoms with Gasteiger partial charge in [0, 0.05) is 61.4 Å². The summed E-state index contributed by atoms with van der Waals surface area (Å²) in [5, 5.41) is 10.6. The van der Waals surface area contributed by atoms with Gasteiger partial charge >= 0.3 is 37.1 Å². The number of amides is 5. The van der Waals surface area contributed by atoms with E-state index >= 15 is 0 Å². The number of halogens is 18. The molecule has 0 saturated carbocycles. The Hall–Kier alpha value is -10.4. The molecule has 9 N–H and O–H groups in total. The molecule has 0 unspecified atom stereocenters. The molecule has 0 saturated heterocycles. The van der Waals surface area contributed by atoms with Crippen LogP contribution >= 0.6 is 68.0 Å². The molecule has 106 heavy (non-hydrogen) atoms. The fourth-order valence-corrected chi connectivity index (χ4v) is 14.2. The Morgan fingerprint density at radius 3 is 0.792 bits per heavy atom. The van der Waals surface area contributed by atoms with E-state index in [0.29, 0.717) is 48.6 Å². The van der Waals surface area contributed by atoms with Crippen molar-refractivity contribution < 1.29 is 103 Å². The Kier molecular flexibility index (Phi) is 24.9. The average molecular weight is 1610 g/mol. The Morgan fingerprint density at radius 1 is 0.368 bits per heavy atom. The quantitative estimate of drug-likeness (QED) is 0.0525. The largest absolute Gasteiger partial charge is 0.417 e. The van der Waals surface area contributed by atoms with Crippen LogP contribution in [0.15, 0.2) is 144 Å². The SMILES string of the molecule is CN(C)C=O.CN(C)C=O.Nc1c(C(=O)Nc2cccc(C(F)(F)F)c2)sc2nc(-c3cccs3)cc(C(F)(F)F)c12.Nc1c(C(=O)Nc2cccc(C(F)(F)F)c2)sc2nc(-c3cccs3)cc(C(F)(F)F)c12.Nc1c(C(=O)Nc2cccc(C(F)(F)F)c2)sc2nc(-c3cccs3)cc(C(F)(F)F)c12. The fourth-order valence-electron chi connectivity index (χ4n) is 9.07. The van der Waals surface area contributed by atoms with Crippen LogP contribution in [0.5, 0.6) is 0 Å². The molecule has 0 aliphatic heterocycles. The van der Waals surface area contributed by atoms with Crippen LogP contribution < -0.4 is 33.2 Å². The number of carbonyl (C=O) groups excluding carboxylic acids is 5. The second kappa shape index (κ2) is 32.5. The molecule has 0 aliphatic carbocycles. The monoisotopic (exact) mass is 1610 g/mol. The second-order valence-corrected chi connectivity index (χ2v) is 27.7. The number of nitrogens with one attached hydrogen (secondary N) is 3. The summed E-state index contributed by atoms with van der Waals surface area (Å²) in [4.78, 5) is 72.8. The van der Waals surface area contributed by atoms with Gasteiger partial charge < -0.3 is 43.0 Å². The third-order valence-corrected chi connectivity index (χ3v) is 19.7. The number of nitrogens with zero attached hydrogens (tertiary/aromatic N) is 5. The first kappa shape index (κ1) is 81.3. The molecule has 12 rings (SSSR count). The number of carbonyl (C=O) groups is 5. The lowest BCUT2D eigenvalue weighted by Gasteiger charge is -2.11. The first-order chi connectivity index (χ1) is 49.4. The highest BCUT2D eigenvalue weighted by Crippen LogP contribution is 2.48. The van der Waals surface area contributed by atoms with Gasteiger partial charge in [0.15, 0.2) is 0 Å². The predicted octanol–water partition coefficient (Wildman–Crippen LogP) is 20.1. The molecule has 0 aliphatic rings. The Bertz CT molecular complexity index is 4650. The lowest BCUT2D eigenvalue weighted by atomic mass is 10.1. The van der Waals surface area contributed by atoms with Crippen LogP contribution in [-0.2, 0) is 46.6 Å². The number of thiophene rings is 6. The molecule has 558 valence electrons. The molecule has 5 amide bonds. The molecule has 0 radical (unpaired) electrons. The van der Waals surface area contributed by atoms with E-state index in [0.717, 1.165) is 85.6 Å². The number of hydrogen-bond acceptors (Lipinski definition) is 17. The summed E-state index contributed by atoms with van der Waals surface area (Å²) in [6.45, 7) is 0. The van der Waals surface area contributed by atoms with Crippen LogP contribution in [0, 0.1) is 0 Å². The number of hydrogen-bond donors (Lipinski definition) is 6. The lowest BCUT2D eigenvalue weighted by molar-refractivity contribution is -0.138. The van der Waals surface area contributed by atoms with E-state index in [9.17, 15) is 103 Å². The summed E-state index contributed by atoms with van der Waals surface area (Å²) in [7, 11) is 6.75. The number of alkyl halides is 18. The topological polar surface area (TPSA) is 245 Å². The van der Waals surface area contributed by atoms with Crippen LogP contribution in [0.3, 0.4) is 0 Å². The zero-order chi connectivity index (χ0) is 78.3. The number of fused-ring (bicyclic) bond motifs is 3. The van der Waals surface area contributed by atoms with Gasteiger partial charge in [-0.05, 0) is 107 Å². The van der Waals surface area contributed by atoms with Crippen LogP contribution in [-0.4, -0.2) is 83.5 Å². The summed E-state index contributed by atoms with van der Waals surface area (Å²) < 4.78 is 240. The highest BCUT2D eigenvalue weighted by Gasteiger charge is 2.41. The van der Waals surface area contributed by atoms with Crippen LogP contribution in [0.4, 0.5) is 113 Å². The van der Waals surface area contributed by atoms with Gasteiger partial charge in [0.2, 0.25) is 12.8 Å². The smallest absolute Gasteiger partial charge is 0.397 e. The van der Waals surface area contributed by atoms with Crippen molar-refractivity contribution in [2.75, 3.05) is 61.3 Å². The third kappa shape index (κ3) is 19.9. The van der Waals surface area contributed by atoms with Crippen molar-refractivity contribution in [3.05, 3.63) is 192 Å². The first-order valence-electron chi connectivity index (χ1n) is 29.1. The van der Waals surface area contributed by atoms with Gasteiger partial charge in [-0.3, -0.25) is 24.0 Å². The standard InChI is InChI=1S/3C20H11F6N3OS2.2C3H7NO/c3*21-19(22,23)9-3-1-4-10(7-9)28-17(30)16-15(27)14-11(20(24,25)26)8-12(29-18(14)32-16)13-5-2-6-31-13;2*1-4(2)3-5/h3*1-8H,27H2,(H,28,30);2*3H,1-2H3.